The Hall–Kier alpha value is -1.08. The predicted octanol–water partition coefficient (Wildman–Crippen LogP) is 1.22. The molecule has 1 heterocycles. The zero-order chi connectivity index (χ0) is 15.6. The number of carbonyl (C=O) groups excluding carboxylic acids is 1. The van der Waals surface area contributed by atoms with Gasteiger partial charge in [-0.3, -0.25) is 0 Å². The van der Waals surface area contributed by atoms with Crippen LogP contribution in [0.3, 0.4) is 0 Å². The fourth-order valence-electron chi connectivity index (χ4n) is 1.70. The summed E-state index contributed by atoms with van der Waals surface area (Å²) in [5.74, 6) is 0. The van der Waals surface area contributed by atoms with Gasteiger partial charge in [-0.25, -0.2) is 13.2 Å². The molecule has 0 spiro atoms. The van der Waals surface area contributed by atoms with Gasteiger partial charge in [-0.2, -0.15) is 4.31 Å². The second kappa shape index (κ2) is 6.13. The molecule has 0 aromatic rings. The molecule has 6 nitrogen and oxygen atoms in total. The third-order valence-corrected chi connectivity index (χ3v) is 4.89. The van der Waals surface area contributed by atoms with Gasteiger partial charge in [0, 0.05) is 32.4 Å². The van der Waals surface area contributed by atoms with Gasteiger partial charge in [0.2, 0.25) is 10.0 Å². The average Bonchev–Trinajstić information content (AvgIpc) is 2.33. The summed E-state index contributed by atoms with van der Waals surface area (Å²) >= 11 is 0. The molecule has 1 fully saturated rings. The maximum absolute atomic E-state index is 12.0. The Labute approximate surface area is 121 Å². The maximum atomic E-state index is 12.0. The first-order chi connectivity index (χ1) is 9.01. The molecule has 0 saturated carbocycles. The third kappa shape index (κ3) is 4.79. The second-order valence-electron chi connectivity index (χ2n) is 6.18. The van der Waals surface area contributed by atoms with E-state index in [1.54, 1.807) is 11.1 Å². The molecule has 116 valence electrons. The van der Waals surface area contributed by atoms with E-state index in [2.05, 4.69) is 26.1 Å². The Morgan fingerprint density at radius 3 is 2.05 bits per heavy atom. The average molecular weight is 303 g/mol. The van der Waals surface area contributed by atoms with E-state index >= 15 is 0 Å². The van der Waals surface area contributed by atoms with Crippen LogP contribution in [0.1, 0.15) is 27.7 Å². The van der Waals surface area contributed by atoms with Crippen molar-refractivity contribution in [1.29, 1.82) is 0 Å². The SMILES string of the molecule is C/C(=C\NC(=O)N1CCN(S(C)(=O)=O)CC1)C(C)(C)C. The van der Waals surface area contributed by atoms with Crippen LogP contribution in [0.15, 0.2) is 11.8 Å². The highest BCUT2D eigenvalue weighted by Crippen LogP contribution is 2.23. The van der Waals surface area contributed by atoms with Crippen LogP contribution < -0.4 is 5.32 Å². The number of hydrogen-bond donors (Lipinski definition) is 1. The predicted molar refractivity (Wildman–Crippen MR) is 79.7 cm³/mol. The summed E-state index contributed by atoms with van der Waals surface area (Å²) < 4.78 is 24.2. The zero-order valence-corrected chi connectivity index (χ0v) is 13.7. The number of hydrogen-bond acceptors (Lipinski definition) is 3. The third-order valence-electron chi connectivity index (χ3n) is 3.59. The van der Waals surface area contributed by atoms with E-state index in [4.69, 9.17) is 0 Å². The highest BCUT2D eigenvalue weighted by atomic mass is 32.2. The van der Waals surface area contributed by atoms with Crippen LogP contribution in [0.4, 0.5) is 4.79 Å². The molecule has 20 heavy (non-hydrogen) atoms. The molecule has 1 aliphatic heterocycles. The first kappa shape index (κ1) is 17.0. The Morgan fingerprint density at radius 2 is 1.65 bits per heavy atom. The summed E-state index contributed by atoms with van der Waals surface area (Å²) in [7, 11) is -3.16. The molecule has 0 atom stereocenters. The van der Waals surface area contributed by atoms with Gasteiger partial charge in [0.1, 0.15) is 0 Å². The number of allylic oxidation sites excluding steroid dienone is 1. The van der Waals surface area contributed by atoms with Gasteiger partial charge in [0.25, 0.3) is 0 Å². The highest BCUT2D eigenvalue weighted by Gasteiger charge is 2.25. The number of rotatable bonds is 2. The van der Waals surface area contributed by atoms with Crippen molar-refractivity contribution in [3.63, 3.8) is 0 Å². The molecule has 0 unspecified atom stereocenters. The lowest BCUT2D eigenvalue weighted by atomic mass is 9.88. The fourth-order valence-corrected chi connectivity index (χ4v) is 2.53. The molecular formula is C13H25N3O3S. The topological polar surface area (TPSA) is 69.7 Å². The van der Waals surface area contributed by atoms with Crippen LogP contribution in [0.25, 0.3) is 0 Å². The molecule has 0 radical (unpaired) electrons. The molecule has 1 rings (SSSR count). The Balaban J connectivity index is 2.52. The monoisotopic (exact) mass is 303 g/mol. The molecule has 0 bridgehead atoms. The Morgan fingerprint density at radius 1 is 1.15 bits per heavy atom. The van der Waals surface area contributed by atoms with Crippen LogP contribution in [-0.4, -0.2) is 56.1 Å². The van der Waals surface area contributed by atoms with Crippen molar-refractivity contribution >= 4 is 16.1 Å². The van der Waals surface area contributed by atoms with Crippen LogP contribution in [0.5, 0.6) is 0 Å². The quantitative estimate of drug-likeness (QED) is 0.834. The lowest BCUT2D eigenvalue weighted by molar-refractivity contribution is 0.175. The Kier molecular flexibility index (Phi) is 5.21. The summed E-state index contributed by atoms with van der Waals surface area (Å²) in [6.07, 6.45) is 2.92. The summed E-state index contributed by atoms with van der Waals surface area (Å²) in [5, 5.41) is 2.77. The Bertz CT molecular complexity index is 483. The molecule has 0 aromatic heterocycles. The van der Waals surface area contributed by atoms with Gasteiger partial charge >= 0.3 is 6.03 Å². The normalized spacial score (nSPS) is 19.1. The first-order valence-electron chi connectivity index (χ1n) is 6.69. The van der Waals surface area contributed by atoms with Crippen molar-refractivity contribution in [2.24, 2.45) is 5.41 Å². The molecule has 1 aliphatic rings. The van der Waals surface area contributed by atoms with E-state index in [0.29, 0.717) is 26.2 Å². The summed E-state index contributed by atoms with van der Waals surface area (Å²) in [6, 6.07) is -0.179. The van der Waals surface area contributed by atoms with Gasteiger partial charge in [0.15, 0.2) is 0 Å². The highest BCUT2D eigenvalue weighted by molar-refractivity contribution is 7.88. The number of nitrogens with one attached hydrogen (secondary N) is 1. The smallest absolute Gasteiger partial charge is 0.321 e. The van der Waals surface area contributed by atoms with E-state index in [-0.39, 0.29) is 11.4 Å². The number of carbonyl (C=O) groups is 1. The number of nitrogens with zero attached hydrogens (tertiary/aromatic N) is 2. The van der Waals surface area contributed by atoms with Crippen molar-refractivity contribution in [2.45, 2.75) is 27.7 Å². The lowest BCUT2D eigenvalue weighted by Gasteiger charge is -2.33. The molecular weight excluding hydrogens is 278 g/mol. The van der Waals surface area contributed by atoms with Gasteiger partial charge in [-0.05, 0) is 12.3 Å². The van der Waals surface area contributed by atoms with E-state index in [1.807, 2.05) is 6.92 Å². The van der Waals surface area contributed by atoms with Crippen LogP contribution >= 0.6 is 0 Å². The number of urea groups is 1. The standard InChI is InChI=1S/C13H25N3O3S/c1-11(13(2,3)4)10-14-12(17)15-6-8-16(9-7-15)20(5,18)19/h10H,6-9H2,1-5H3,(H,14,17)/b11-10+. The van der Waals surface area contributed by atoms with Crippen molar-refractivity contribution in [1.82, 2.24) is 14.5 Å². The van der Waals surface area contributed by atoms with Gasteiger partial charge in [-0.1, -0.05) is 26.3 Å². The van der Waals surface area contributed by atoms with E-state index in [9.17, 15) is 13.2 Å². The first-order valence-corrected chi connectivity index (χ1v) is 8.54. The molecule has 1 saturated heterocycles. The number of piperazine rings is 1. The van der Waals surface area contributed by atoms with Gasteiger partial charge in [-0.15, -0.1) is 0 Å². The van der Waals surface area contributed by atoms with Crippen molar-refractivity contribution in [3.8, 4) is 0 Å². The summed E-state index contributed by atoms with van der Waals surface area (Å²) in [5.41, 5.74) is 1.10. The van der Waals surface area contributed by atoms with Crippen molar-refractivity contribution < 1.29 is 13.2 Å². The van der Waals surface area contributed by atoms with E-state index in [0.717, 1.165) is 5.57 Å². The molecule has 1 N–H and O–H groups in total. The van der Waals surface area contributed by atoms with Crippen LogP contribution in [0, 0.1) is 5.41 Å². The van der Waals surface area contributed by atoms with Crippen LogP contribution in [0.2, 0.25) is 0 Å². The van der Waals surface area contributed by atoms with E-state index in [1.165, 1.54) is 10.6 Å². The minimum Gasteiger partial charge on any atom is -0.322 e. The number of amides is 2. The van der Waals surface area contributed by atoms with E-state index < -0.39 is 10.0 Å². The van der Waals surface area contributed by atoms with Crippen molar-refractivity contribution in [3.05, 3.63) is 11.8 Å². The van der Waals surface area contributed by atoms with Gasteiger partial charge in [0.05, 0.1) is 6.26 Å². The zero-order valence-electron chi connectivity index (χ0n) is 12.9. The maximum Gasteiger partial charge on any atom is 0.321 e. The second-order valence-corrected chi connectivity index (χ2v) is 8.16. The largest absolute Gasteiger partial charge is 0.322 e. The molecule has 2 amide bonds. The molecule has 7 heteroatoms. The van der Waals surface area contributed by atoms with Crippen molar-refractivity contribution in [2.75, 3.05) is 32.4 Å². The summed E-state index contributed by atoms with van der Waals surface area (Å²) in [6.45, 7) is 9.76. The minimum atomic E-state index is -3.16. The minimum absolute atomic E-state index is 0.0161. The summed E-state index contributed by atoms with van der Waals surface area (Å²) in [4.78, 5) is 13.6. The van der Waals surface area contributed by atoms with Crippen LogP contribution in [-0.2, 0) is 10.0 Å². The molecule has 0 aromatic carbocycles. The fraction of sp³-hybridized carbons (Fsp3) is 0.769. The lowest BCUT2D eigenvalue weighted by Crippen LogP contribution is -2.52. The molecule has 0 aliphatic carbocycles. The number of sulfonamides is 1. The van der Waals surface area contributed by atoms with Gasteiger partial charge < -0.3 is 10.2 Å².